The molecule has 2 heterocycles. The fourth-order valence-corrected chi connectivity index (χ4v) is 4.35. The average molecular weight is 485 g/mol. The van der Waals surface area contributed by atoms with Gasteiger partial charge in [-0.2, -0.15) is 4.98 Å². The summed E-state index contributed by atoms with van der Waals surface area (Å²) >= 11 is 11.8. The topological polar surface area (TPSA) is 72.7 Å². The molecule has 1 atom stereocenters. The molecule has 3 aromatic rings. The number of nitrogens with one attached hydrogen (secondary N) is 1. The zero-order valence-electron chi connectivity index (χ0n) is 18.9. The lowest BCUT2D eigenvalue weighted by Gasteiger charge is -2.37. The first-order valence-electron chi connectivity index (χ1n) is 10.6. The maximum Gasteiger partial charge on any atom is 0.258 e. The molecule has 0 amide bonds. The van der Waals surface area contributed by atoms with Crippen LogP contribution in [0.2, 0.25) is 5.02 Å². The molecule has 1 aliphatic rings. The van der Waals surface area contributed by atoms with E-state index in [2.05, 4.69) is 22.3 Å². The molecule has 33 heavy (non-hydrogen) atoms. The first-order valence-corrected chi connectivity index (χ1v) is 11.4. The fraction of sp³-hybridized carbons (Fsp3) is 0.292. The molecule has 0 saturated heterocycles. The molecule has 0 saturated carbocycles. The zero-order chi connectivity index (χ0) is 23.5. The van der Waals surface area contributed by atoms with E-state index in [4.69, 9.17) is 42.8 Å². The minimum absolute atomic E-state index is 0.249. The molecule has 172 valence electrons. The Morgan fingerprint density at radius 2 is 1.85 bits per heavy atom. The third-order valence-corrected chi connectivity index (χ3v) is 6.14. The maximum atomic E-state index is 6.12. The Morgan fingerprint density at radius 3 is 2.52 bits per heavy atom. The van der Waals surface area contributed by atoms with Crippen LogP contribution in [0, 0.1) is 0 Å². The molecule has 0 radical (unpaired) electrons. The molecule has 9 heteroatoms. The van der Waals surface area contributed by atoms with Crippen LogP contribution in [0.1, 0.15) is 37.8 Å². The van der Waals surface area contributed by atoms with Gasteiger partial charge in [-0.15, -0.1) is 0 Å². The predicted molar refractivity (Wildman–Crippen MR) is 132 cm³/mol. The number of methoxy groups -OCH3 is 2. The SMILES string of the molecule is CCCN1C(=S)NC(c2ccc(Cl)cc2)C(c2nc(-c3ccc(OC)c(OC)c3)no2)=C1C. The zero-order valence-corrected chi connectivity index (χ0v) is 20.5. The second-order valence-corrected chi connectivity index (χ2v) is 8.40. The highest BCUT2D eigenvalue weighted by Crippen LogP contribution is 2.38. The molecule has 1 aliphatic heterocycles. The highest BCUT2D eigenvalue weighted by Gasteiger charge is 2.33. The van der Waals surface area contributed by atoms with E-state index in [-0.39, 0.29) is 6.04 Å². The van der Waals surface area contributed by atoms with Crippen LogP contribution in [0.4, 0.5) is 0 Å². The fourth-order valence-electron chi connectivity index (χ4n) is 3.88. The summed E-state index contributed by atoms with van der Waals surface area (Å²) in [5, 5.41) is 9.01. The molecule has 0 spiro atoms. The Kier molecular flexibility index (Phi) is 6.85. The lowest BCUT2D eigenvalue weighted by atomic mass is 9.95. The van der Waals surface area contributed by atoms with Crippen LogP contribution in [0.5, 0.6) is 11.5 Å². The van der Waals surface area contributed by atoms with Gasteiger partial charge >= 0.3 is 0 Å². The number of allylic oxidation sites excluding steroid dienone is 1. The van der Waals surface area contributed by atoms with Crippen molar-refractivity contribution in [2.75, 3.05) is 20.8 Å². The third kappa shape index (κ3) is 4.54. The number of aromatic nitrogens is 2. The predicted octanol–water partition coefficient (Wildman–Crippen LogP) is 5.48. The van der Waals surface area contributed by atoms with Crippen LogP contribution in [-0.2, 0) is 0 Å². The van der Waals surface area contributed by atoms with Crippen LogP contribution >= 0.6 is 23.8 Å². The highest BCUT2D eigenvalue weighted by atomic mass is 35.5. The van der Waals surface area contributed by atoms with Crippen LogP contribution in [0.25, 0.3) is 17.0 Å². The van der Waals surface area contributed by atoms with Gasteiger partial charge in [0.2, 0.25) is 5.82 Å². The van der Waals surface area contributed by atoms with E-state index in [0.717, 1.165) is 35.4 Å². The summed E-state index contributed by atoms with van der Waals surface area (Å²) in [7, 11) is 3.19. The van der Waals surface area contributed by atoms with Crippen LogP contribution in [0.15, 0.2) is 52.7 Å². The molecule has 1 aromatic heterocycles. The molecule has 0 fully saturated rings. The largest absolute Gasteiger partial charge is 0.493 e. The first-order chi connectivity index (χ1) is 16.0. The Labute approximate surface area is 203 Å². The maximum absolute atomic E-state index is 6.12. The minimum Gasteiger partial charge on any atom is -0.493 e. The van der Waals surface area contributed by atoms with Crippen molar-refractivity contribution in [1.82, 2.24) is 20.4 Å². The number of nitrogens with zero attached hydrogens (tertiary/aromatic N) is 3. The van der Waals surface area contributed by atoms with E-state index >= 15 is 0 Å². The van der Waals surface area contributed by atoms with Gasteiger partial charge in [0.15, 0.2) is 16.6 Å². The number of hydrogen-bond donors (Lipinski definition) is 1. The van der Waals surface area contributed by atoms with Crippen molar-refractivity contribution in [1.29, 1.82) is 0 Å². The molecule has 4 rings (SSSR count). The van der Waals surface area contributed by atoms with Crippen LogP contribution < -0.4 is 14.8 Å². The lowest BCUT2D eigenvalue weighted by Crippen LogP contribution is -2.46. The smallest absolute Gasteiger partial charge is 0.258 e. The molecular formula is C24H25ClN4O3S. The van der Waals surface area contributed by atoms with E-state index < -0.39 is 0 Å². The Hall–Kier alpha value is -3.10. The molecule has 0 bridgehead atoms. The van der Waals surface area contributed by atoms with Gasteiger partial charge in [-0.05, 0) is 61.5 Å². The van der Waals surface area contributed by atoms with E-state index in [9.17, 15) is 0 Å². The van der Waals surface area contributed by atoms with Crippen LogP contribution in [-0.4, -0.2) is 40.9 Å². The van der Waals surface area contributed by atoms with Crippen LogP contribution in [0.3, 0.4) is 0 Å². The second-order valence-electron chi connectivity index (χ2n) is 7.58. The van der Waals surface area contributed by atoms with Gasteiger partial charge in [0.05, 0.1) is 25.8 Å². The van der Waals surface area contributed by atoms with E-state index in [0.29, 0.717) is 33.3 Å². The van der Waals surface area contributed by atoms with E-state index in [1.807, 2.05) is 49.4 Å². The molecule has 1 N–H and O–H groups in total. The van der Waals surface area contributed by atoms with Gasteiger partial charge in [-0.25, -0.2) is 0 Å². The van der Waals surface area contributed by atoms with Crippen molar-refractivity contribution in [3.05, 3.63) is 64.6 Å². The monoisotopic (exact) mass is 484 g/mol. The van der Waals surface area contributed by atoms with Gasteiger partial charge in [0, 0.05) is 22.8 Å². The Morgan fingerprint density at radius 1 is 1.12 bits per heavy atom. The van der Waals surface area contributed by atoms with E-state index in [1.54, 1.807) is 14.2 Å². The Balaban J connectivity index is 1.79. The summed E-state index contributed by atoms with van der Waals surface area (Å²) in [6, 6.07) is 12.9. The van der Waals surface area contributed by atoms with Crippen molar-refractivity contribution < 1.29 is 14.0 Å². The van der Waals surface area contributed by atoms with Crippen molar-refractivity contribution in [2.24, 2.45) is 0 Å². The standard InChI is InChI=1S/C24H25ClN4O3S/c1-5-12-29-14(2)20(21(26-24(29)33)15-6-9-17(25)10-7-15)23-27-22(28-32-23)16-8-11-18(30-3)19(13-16)31-4/h6-11,13,21H,5,12H2,1-4H3,(H,26,33). The summed E-state index contributed by atoms with van der Waals surface area (Å²) in [4.78, 5) is 6.80. The number of benzene rings is 2. The highest BCUT2D eigenvalue weighted by molar-refractivity contribution is 7.80. The molecule has 0 aliphatic carbocycles. The average Bonchev–Trinajstić information content (AvgIpc) is 3.31. The van der Waals surface area contributed by atoms with E-state index in [1.165, 1.54) is 0 Å². The van der Waals surface area contributed by atoms with Crippen molar-refractivity contribution in [3.63, 3.8) is 0 Å². The van der Waals surface area contributed by atoms with Gasteiger partial charge in [-0.1, -0.05) is 35.8 Å². The number of rotatable bonds is 7. The summed E-state index contributed by atoms with van der Waals surface area (Å²) in [5.41, 5.74) is 3.61. The van der Waals surface area contributed by atoms with Gasteiger partial charge < -0.3 is 24.2 Å². The Bertz CT molecular complexity index is 1190. The number of hydrogen-bond acceptors (Lipinski definition) is 6. The normalized spacial score (nSPS) is 16.1. The molecular weight excluding hydrogens is 460 g/mol. The number of halogens is 1. The minimum atomic E-state index is -0.249. The first kappa shape index (κ1) is 23.1. The summed E-state index contributed by atoms with van der Waals surface area (Å²) in [6.07, 6.45) is 0.943. The molecule has 7 nitrogen and oxygen atoms in total. The summed E-state index contributed by atoms with van der Waals surface area (Å²) in [5.74, 6) is 2.10. The summed E-state index contributed by atoms with van der Waals surface area (Å²) < 4.78 is 16.5. The van der Waals surface area contributed by atoms with Crippen molar-refractivity contribution >= 4 is 34.5 Å². The quantitative estimate of drug-likeness (QED) is 0.442. The van der Waals surface area contributed by atoms with Crippen molar-refractivity contribution in [2.45, 2.75) is 26.3 Å². The number of ether oxygens (including phenoxy) is 2. The lowest BCUT2D eigenvalue weighted by molar-refractivity contribution is 0.355. The third-order valence-electron chi connectivity index (χ3n) is 5.55. The van der Waals surface area contributed by atoms with Gasteiger partial charge in [0.25, 0.3) is 5.89 Å². The number of thiocarbonyl (C=S) groups is 1. The summed E-state index contributed by atoms with van der Waals surface area (Å²) in [6.45, 7) is 4.93. The second kappa shape index (κ2) is 9.80. The van der Waals surface area contributed by atoms with Crippen molar-refractivity contribution in [3.8, 4) is 22.9 Å². The van der Waals surface area contributed by atoms with Gasteiger partial charge in [0.1, 0.15) is 0 Å². The molecule has 1 unspecified atom stereocenters. The molecule has 2 aromatic carbocycles. The van der Waals surface area contributed by atoms with Gasteiger partial charge in [-0.3, -0.25) is 0 Å².